The Balaban J connectivity index is 1.87. The molecule has 1 atom stereocenters. The number of fused-ring (bicyclic) bond motifs is 1. The molecule has 0 fully saturated rings. The lowest BCUT2D eigenvalue weighted by Crippen LogP contribution is -2.16. The van der Waals surface area contributed by atoms with Crippen LogP contribution in [0.5, 0.6) is 0 Å². The second-order valence-electron chi connectivity index (χ2n) is 6.93. The number of nitrogens with one attached hydrogen (secondary N) is 1. The average molecular weight is 386 g/mol. The molecule has 1 heterocycles. The number of hydrogen-bond acceptors (Lipinski definition) is 4. The zero-order chi connectivity index (χ0) is 19.2. The molecule has 144 valence electrons. The Morgan fingerprint density at radius 3 is 2.70 bits per heavy atom. The standard InChI is InChI=1S/C22H27NO3S/c1-3-5-11-19(24)23-21-20(22(25)26-4-2)17-13-12-16(14-18(17)27-21)15-9-7-6-8-10-15/h6-10,16H,3-5,11-14H2,1-2H3,(H,23,24)/t16-/m0/s1. The summed E-state index contributed by atoms with van der Waals surface area (Å²) in [7, 11) is 0. The van der Waals surface area contributed by atoms with Crippen LogP contribution in [0, 0.1) is 0 Å². The van der Waals surface area contributed by atoms with Crippen LogP contribution in [0.4, 0.5) is 5.00 Å². The zero-order valence-corrected chi connectivity index (χ0v) is 16.9. The van der Waals surface area contributed by atoms with E-state index in [1.54, 1.807) is 11.3 Å². The Hall–Kier alpha value is -2.14. The first-order chi connectivity index (χ1) is 13.1. The summed E-state index contributed by atoms with van der Waals surface area (Å²) in [5.74, 6) is 0.107. The van der Waals surface area contributed by atoms with Gasteiger partial charge in [0, 0.05) is 11.3 Å². The van der Waals surface area contributed by atoms with E-state index in [4.69, 9.17) is 4.74 Å². The highest BCUT2D eigenvalue weighted by Crippen LogP contribution is 2.42. The van der Waals surface area contributed by atoms with Crippen LogP contribution < -0.4 is 5.32 Å². The average Bonchev–Trinajstić information content (AvgIpc) is 3.04. The molecule has 0 aliphatic heterocycles. The number of unbranched alkanes of at least 4 members (excludes halogenated alkanes) is 1. The molecule has 1 N–H and O–H groups in total. The first kappa shape index (κ1) is 19.6. The van der Waals surface area contributed by atoms with Crippen molar-refractivity contribution in [1.29, 1.82) is 0 Å². The van der Waals surface area contributed by atoms with Gasteiger partial charge in [0.2, 0.25) is 5.91 Å². The van der Waals surface area contributed by atoms with Crippen LogP contribution in [-0.2, 0) is 22.4 Å². The Morgan fingerprint density at radius 1 is 1.22 bits per heavy atom. The first-order valence-corrected chi connectivity index (χ1v) is 10.6. The molecular formula is C22H27NO3S. The van der Waals surface area contributed by atoms with Gasteiger partial charge in [-0.15, -0.1) is 11.3 Å². The predicted octanol–water partition coefficient (Wildman–Crippen LogP) is 5.33. The SMILES string of the molecule is CCCCC(=O)Nc1sc2c(c1C(=O)OCC)CC[C@H](c1ccccc1)C2. The van der Waals surface area contributed by atoms with Gasteiger partial charge >= 0.3 is 5.97 Å². The molecule has 1 aliphatic carbocycles. The molecule has 0 bridgehead atoms. The van der Waals surface area contributed by atoms with Crippen molar-refractivity contribution in [3.05, 3.63) is 51.9 Å². The fourth-order valence-electron chi connectivity index (χ4n) is 3.63. The summed E-state index contributed by atoms with van der Waals surface area (Å²) in [5, 5.41) is 3.64. The molecule has 1 aromatic carbocycles. The lowest BCUT2D eigenvalue weighted by molar-refractivity contribution is -0.116. The van der Waals surface area contributed by atoms with Crippen LogP contribution in [0.15, 0.2) is 30.3 Å². The maximum Gasteiger partial charge on any atom is 0.341 e. The Morgan fingerprint density at radius 2 is 2.00 bits per heavy atom. The Bertz CT molecular complexity index is 797. The van der Waals surface area contributed by atoms with E-state index in [2.05, 4.69) is 36.5 Å². The van der Waals surface area contributed by atoms with Gasteiger partial charge in [0.1, 0.15) is 5.00 Å². The minimum atomic E-state index is -0.320. The number of esters is 1. The van der Waals surface area contributed by atoms with Crippen molar-refractivity contribution in [2.45, 2.75) is 58.3 Å². The molecule has 1 amide bonds. The van der Waals surface area contributed by atoms with Crippen molar-refractivity contribution < 1.29 is 14.3 Å². The third-order valence-corrected chi connectivity index (χ3v) is 6.20. The van der Waals surface area contributed by atoms with Gasteiger partial charge < -0.3 is 10.1 Å². The third kappa shape index (κ3) is 4.59. The molecule has 3 rings (SSSR count). The van der Waals surface area contributed by atoms with Crippen LogP contribution >= 0.6 is 11.3 Å². The molecule has 27 heavy (non-hydrogen) atoms. The maximum atomic E-state index is 12.6. The van der Waals surface area contributed by atoms with Gasteiger partial charge in [0.05, 0.1) is 12.2 Å². The van der Waals surface area contributed by atoms with Gasteiger partial charge in [-0.1, -0.05) is 43.7 Å². The van der Waals surface area contributed by atoms with E-state index >= 15 is 0 Å². The summed E-state index contributed by atoms with van der Waals surface area (Å²) < 4.78 is 5.28. The summed E-state index contributed by atoms with van der Waals surface area (Å²) in [4.78, 5) is 26.0. The lowest BCUT2D eigenvalue weighted by Gasteiger charge is -2.23. The van der Waals surface area contributed by atoms with Gasteiger partial charge in [-0.2, -0.15) is 0 Å². The van der Waals surface area contributed by atoms with Crippen molar-refractivity contribution in [2.75, 3.05) is 11.9 Å². The summed E-state index contributed by atoms with van der Waals surface area (Å²) in [6.45, 7) is 4.20. The second kappa shape index (κ2) is 9.18. The van der Waals surface area contributed by atoms with Crippen LogP contribution in [0.3, 0.4) is 0 Å². The molecule has 2 aromatic rings. The molecule has 0 radical (unpaired) electrons. The van der Waals surface area contributed by atoms with Crippen LogP contribution in [0.1, 0.15) is 71.8 Å². The van der Waals surface area contributed by atoms with Crippen molar-refractivity contribution in [3.63, 3.8) is 0 Å². The number of ether oxygens (including phenoxy) is 1. The fraction of sp³-hybridized carbons (Fsp3) is 0.455. The monoisotopic (exact) mass is 385 g/mol. The van der Waals surface area contributed by atoms with E-state index in [0.29, 0.717) is 29.5 Å². The van der Waals surface area contributed by atoms with E-state index < -0.39 is 0 Å². The van der Waals surface area contributed by atoms with Crippen LogP contribution in [0.25, 0.3) is 0 Å². The van der Waals surface area contributed by atoms with Crippen LogP contribution in [-0.4, -0.2) is 18.5 Å². The van der Waals surface area contributed by atoms with E-state index in [1.807, 2.05) is 13.0 Å². The van der Waals surface area contributed by atoms with E-state index in [1.165, 1.54) is 10.4 Å². The molecule has 0 saturated heterocycles. The minimum absolute atomic E-state index is 0.0272. The molecule has 5 heteroatoms. The van der Waals surface area contributed by atoms with E-state index in [0.717, 1.165) is 37.7 Å². The number of thiophene rings is 1. The number of carbonyl (C=O) groups excluding carboxylic acids is 2. The minimum Gasteiger partial charge on any atom is -0.462 e. The highest BCUT2D eigenvalue weighted by Gasteiger charge is 2.30. The predicted molar refractivity (Wildman–Crippen MR) is 110 cm³/mol. The molecule has 0 spiro atoms. The van der Waals surface area contributed by atoms with Gasteiger partial charge in [0.25, 0.3) is 0 Å². The molecule has 4 nitrogen and oxygen atoms in total. The molecular weight excluding hydrogens is 358 g/mol. The summed E-state index contributed by atoms with van der Waals surface area (Å²) in [6, 6.07) is 10.5. The topological polar surface area (TPSA) is 55.4 Å². The number of hydrogen-bond donors (Lipinski definition) is 1. The maximum absolute atomic E-state index is 12.6. The smallest absolute Gasteiger partial charge is 0.341 e. The van der Waals surface area contributed by atoms with Gasteiger partial charge in [-0.05, 0) is 49.7 Å². The van der Waals surface area contributed by atoms with Crippen molar-refractivity contribution in [3.8, 4) is 0 Å². The third-order valence-electron chi connectivity index (χ3n) is 5.03. The Kier molecular flexibility index (Phi) is 6.67. The number of benzene rings is 1. The van der Waals surface area contributed by atoms with E-state index in [9.17, 15) is 9.59 Å². The molecule has 0 saturated carbocycles. The molecule has 0 unspecified atom stereocenters. The molecule has 1 aromatic heterocycles. The first-order valence-electron chi connectivity index (χ1n) is 9.80. The van der Waals surface area contributed by atoms with Gasteiger partial charge in [-0.25, -0.2) is 4.79 Å². The quantitative estimate of drug-likeness (QED) is 0.656. The summed E-state index contributed by atoms with van der Waals surface area (Å²) in [5.41, 5.74) is 2.98. The Labute approximate surface area is 164 Å². The fourth-order valence-corrected chi connectivity index (χ4v) is 4.96. The summed E-state index contributed by atoms with van der Waals surface area (Å²) >= 11 is 1.54. The van der Waals surface area contributed by atoms with Crippen molar-refractivity contribution in [2.24, 2.45) is 0 Å². The summed E-state index contributed by atoms with van der Waals surface area (Å²) in [6.07, 6.45) is 5.04. The van der Waals surface area contributed by atoms with Crippen molar-refractivity contribution >= 4 is 28.2 Å². The zero-order valence-electron chi connectivity index (χ0n) is 16.0. The van der Waals surface area contributed by atoms with Crippen molar-refractivity contribution in [1.82, 2.24) is 0 Å². The normalized spacial score (nSPS) is 15.9. The highest BCUT2D eigenvalue weighted by atomic mass is 32.1. The second-order valence-corrected chi connectivity index (χ2v) is 8.04. The lowest BCUT2D eigenvalue weighted by atomic mass is 9.83. The number of anilines is 1. The molecule has 1 aliphatic rings. The highest BCUT2D eigenvalue weighted by molar-refractivity contribution is 7.17. The van der Waals surface area contributed by atoms with Gasteiger partial charge in [-0.3, -0.25) is 4.79 Å². The van der Waals surface area contributed by atoms with E-state index in [-0.39, 0.29) is 11.9 Å². The number of amides is 1. The largest absolute Gasteiger partial charge is 0.462 e. The number of carbonyl (C=O) groups is 2. The number of rotatable bonds is 7. The van der Waals surface area contributed by atoms with Gasteiger partial charge in [0.15, 0.2) is 0 Å². The van der Waals surface area contributed by atoms with Crippen LogP contribution in [0.2, 0.25) is 0 Å².